The van der Waals surface area contributed by atoms with Gasteiger partial charge in [-0.15, -0.1) is 0 Å². The van der Waals surface area contributed by atoms with Gasteiger partial charge in [0.1, 0.15) is 5.75 Å². The predicted octanol–water partition coefficient (Wildman–Crippen LogP) is 4.34. The first kappa shape index (κ1) is 17.5. The minimum absolute atomic E-state index is 0.156. The second kappa shape index (κ2) is 6.97. The number of hydrogen-bond acceptors (Lipinski definition) is 3. The zero-order valence-electron chi connectivity index (χ0n) is 14.2. The van der Waals surface area contributed by atoms with Crippen LogP contribution in [0.25, 0.3) is 0 Å². The van der Waals surface area contributed by atoms with Gasteiger partial charge in [-0.05, 0) is 49.8 Å². The van der Waals surface area contributed by atoms with Crippen LogP contribution in [0.4, 0.5) is 0 Å². The zero-order chi connectivity index (χ0) is 16.1. The fraction of sp³-hybridized carbons (Fsp3) is 0.611. The van der Waals surface area contributed by atoms with E-state index < -0.39 is 5.41 Å². The number of carbonyl (C=O) groups is 1. The van der Waals surface area contributed by atoms with Crippen LogP contribution in [0, 0.1) is 5.41 Å². The van der Waals surface area contributed by atoms with Gasteiger partial charge in [-0.25, -0.2) is 0 Å². The summed E-state index contributed by atoms with van der Waals surface area (Å²) < 4.78 is 10.5. The molecule has 0 aliphatic carbocycles. The van der Waals surface area contributed by atoms with Gasteiger partial charge in [-0.2, -0.15) is 0 Å². The highest BCUT2D eigenvalue weighted by Gasteiger charge is 2.27. The standard InChI is InChI=1S/C18H28O3/c1-17(2,3)14-8-10-15(11-9-14)21-13-7-12-18(4,5)16(19)20-6/h8-11H,7,12-13H2,1-6H3. The highest BCUT2D eigenvalue weighted by atomic mass is 16.5. The first-order chi connectivity index (χ1) is 9.66. The molecule has 0 heterocycles. The quantitative estimate of drug-likeness (QED) is 0.578. The van der Waals surface area contributed by atoms with Crippen molar-refractivity contribution in [2.75, 3.05) is 13.7 Å². The number of methoxy groups -OCH3 is 1. The van der Waals surface area contributed by atoms with Gasteiger partial charge in [0.05, 0.1) is 19.1 Å². The highest BCUT2D eigenvalue weighted by Crippen LogP contribution is 2.26. The Morgan fingerprint density at radius 2 is 1.62 bits per heavy atom. The molecule has 3 heteroatoms. The minimum Gasteiger partial charge on any atom is -0.494 e. The van der Waals surface area contributed by atoms with Crippen LogP contribution in [-0.4, -0.2) is 19.7 Å². The molecule has 0 aliphatic rings. The molecule has 3 nitrogen and oxygen atoms in total. The summed E-state index contributed by atoms with van der Waals surface area (Å²) in [5, 5.41) is 0. The third-order valence-corrected chi connectivity index (χ3v) is 3.67. The molecule has 0 radical (unpaired) electrons. The maximum Gasteiger partial charge on any atom is 0.311 e. The van der Waals surface area contributed by atoms with Gasteiger partial charge in [-0.3, -0.25) is 4.79 Å². The van der Waals surface area contributed by atoms with E-state index in [1.54, 1.807) is 0 Å². The van der Waals surface area contributed by atoms with E-state index in [1.807, 2.05) is 26.0 Å². The second-order valence-electron chi connectivity index (χ2n) is 7.10. The van der Waals surface area contributed by atoms with E-state index in [0.717, 1.165) is 18.6 Å². The summed E-state index contributed by atoms with van der Waals surface area (Å²) in [7, 11) is 1.43. The van der Waals surface area contributed by atoms with Gasteiger partial charge >= 0.3 is 5.97 Å². The zero-order valence-corrected chi connectivity index (χ0v) is 14.2. The molecule has 118 valence electrons. The molecule has 0 saturated carbocycles. The van der Waals surface area contributed by atoms with E-state index in [2.05, 4.69) is 32.9 Å². The molecule has 0 spiro atoms. The number of hydrogen-bond donors (Lipinski definition) is 0. The molecule has 0 atom stereocenters. The van der Waals surface area contributed by atoms with Crippen molar-refractivity contribution in [1.82, 2.24) is 0 Å². The Bertz CT molecular complexity index is 452. The molecule has 1 rings (SSSR count). The van der Waals surface area contributed by atoms with Gasteiger partial charge in [0.2, 0.25) is 0 Å². The number of ether oxygens (including phenoxy) is 2. The third kappa shape index (κ3) is 5.41. The van der Waals surface area contributed by atoms with Crippen molar-refractivity contribution in [3.8, 4) is 5.75 Å². The molecule has 0 unspecified atom stereocenters. The van der Waals surface area contributed by atoms with E-state index in [9.17, 15) is 4.79 Å². The van der Waals surface area contributed by atoms with Crippen molar-refractivity contribution >= 4 is 5.97 Å². The summed E-state index contributed by atoms with van der Waals surface area (Å²) in [6, 6.07) is 8.22. The van der Waals surface area contributed by atoms with Crippen molar-refractivity contribution in [2.24, 2.45) is 5.41 Å². The van der Waals surface area contributed by atoms with E-state index >= 15 is 0 Å². The molecule has 21 heavy (non-hydrogen) atoms. The van der Waals surface area contributed by atoms with Crippen LogP contribution in [-0.2, 0) is 14.9 Å². The molecule has 0 fully saturated rings. The maximum absolute atomic E-state index is 11.6. The van der Waals surface area contributed by atoms with E-state index in [0.29, 0.717) is 6.61 Å². The molecule has 1 aromatic rings. The Balaban J connectivity index is 2.42. The van der Waals surface area contributed by atoms with Crippen LogP contribution < -0.4 is 4.74 Å². The molecule has 0 aliphatic heterocycles. The van der Waals surface area contributed by atoms with Crippen LogP contribution in [0.5, 0.6) is 5.75 Å². The van der Waals surface area contributed by atoms with Crippen LogP contribution in [0.3, 0.4) is 0 Å². The smallest absolute Gasteiger partial charge is 0.311 e. The molecule has 0 bridgehead atoms. The number of carbonyl (C=O) groups excluding carboxylic acids is 1. The topological polar surface area (TPSA) is 35.5 Å². The molecule has 0 amide bonds. The van der Waals surface area contributed by atoms with Gasteiger partial charge in [0, 0.05) is 0 Å². The van der Waals surface area contributed by atoms with Crippen molar-refractivity contribution < 1.29 is 14.3 Å². The first-order valence-electron chi connectivity index (χ1n) is 7.48. The number of rotatable bonds is 6. The second-order valence-corrected chi connectivity index (χ2v) is 7.10. The van der Waals surface area contributed by atoms with Crippen molar-refractivity contribution in [3.63, 3.8) is 0 Å². The number of esters is 1. The fourth-order valence-corrected chi connectivity index (χ4v) is 2.13. The third-order valence-electron chi connectivity index (χ3n) is 3.67. The predicted molar refractivity (Wildman–Crippen MR) is 85.7 cm³/mol. The van der Waals surface area contributed by atoms with Crippen LogP contribution in [0.1, 0.15) is 53.0 Å². The molecule has 0 saturated heterocycles. The van der Waals surface area contributed by atoms with Crippen molar-refractivity contribution in [2.45, 2.75) is 52.9 Å². The van der Waals surface area contributed by atoms with E-state index in [4.69, 9.17) is 9.47 Å². The Morgan fingerprint density at radius 3 is 2.10 bits per heavy atom. The Kier molecular flexibility index (Phi) is 5.82. The average molecular weight is 292 g/mol. The summed E-state index contributed by atoms with van der Waals surface area (Å²) >= 11 is 0. The van der Waals surface area contributed by atoms with Crippen LogP contribution in [0.2, 0.25) is 0 Å². The molecule has 0 aromatic heterocycles. The molecule has 1 aromatic carbocycles. The molecular formula is C18H28O3. The van der Waals surface area contributed by atoms with Gasteiger partial charge in [0.15, 0.2) is 0 Å². The lowest BCUT2D eigenvalue weighted by atomic mass is 9.87. The minimum atomic E-state index is -0.450. The fourth-order valence-electron chi connectivity index (χ4n) is 2.13. The lowest BCUT2D eigenvalue weighted by Gasteiger charge is -2.21. The summed E-state index contributed by atoms with van der Waals surface area (Å²) in [4.78, 5) is 11.6. The lowest BCUT2D eigenvalue weighted by Crippen LogP contribution is -2.26. The molecule has 0 N–H and O–H groups in total. The SMILES string of the molecule is COC(=O)C(C)(C)CCCOc1ccc(C(C)(C)C)cc1. The normalized spacial score (nSPS) is 12.1. The Morgan fingerprint density at radius 1 is 1.05 bits per heavy atom. The Labute approximate surface area is 128 Å². The van der Waals surface area contributed by atoms with E-state index in [1.165, 1.54) is 12.7 Å². The van der Waals surface area contributed by atoms with Crippen molar-refractivity contribution in [1.29, 1.82) is 0 Å². The lowest BCUT2D eigenvalue weighted by molar-refractivity contribution is -0.151. The summed E-state index contributed by atoms with van der Waals surface area (Å²) in [5.41, 5.74) is 0.999. The Hall–Kier alpha value is -1.51. The van der Waals surface area contributed by atoms with Gasteiger partial charge < -0.3 is 9.47 Å². The maximum atomic E-state index is 11.6. The number of benzene rings is 1. The average Bonchev–Trinajstić information content (AvgIpc) is 2.42. The monoisotopic (exact) mass is 292 g/mol. The van der Waals surface area contributed by atoms with Gasteiger partial charge in [0.25, 0.3) is 0 Å². The van der Waals surface area contributed by atoms with Crippen LogP contribution >= 0.6 is 0 Å². The summed E-state index contributed by atoms with van der Waals surface area (Å²) in [6.07, 6.45) is 1.57. The van der Waals surface area contributed by atoms with E-state index in [-0.39, 0.29) is 11.4 Å². The highest BCUT2D eigenvalue weighted by molar-refractivity contribution is 5.75. The van der Waals surface area contributed by atoms with Gasteiger partial charge in [-0.1, -0.05) is 32.9 Å². The first-order valence-corrected chi connectivity index (χ1v) is 7.48. The summed E-state index contributed by atoms with van der Waals surface area (Å²) in [6.45, 7) is 11.0. The summed E-state index contributed by atoms with van der Waals surface area (Å²) in [5.74, 6) is 0.705. The largest absolute Gasteiger partial charge is 0.494 e. The van der Waals surface area contributed by atoms with Crippen molar-refractivity contribution in [3.05, 3.63) is 29.8 Å². The molecular weight excluding hydrogens is 264 g/mol. The van der Waals surface area contributed by atoms with Crippen LogP contribution in [0.15, 0.2) is 24.3 Å².